The van der Waals surface area contributed by atoms with Gasteiger partial charge >= 0.3 is 5.97 Å². The average Bonchev–Trinajstić information content (AvgIpc) is 2.26. The van der Waals surface area contributed by atoms with Crippen LogP contribution < -0.4 is 0 Å². The van der Waals surface area contributed by atoms with Crippen LogP contribution in [0.3, 0.4) is 0 Å². The van der Waals surface area contributed by atoms with Gasteiger partial charge in [-0.05, 0) is 43.5 Å². The van der Waals surface area contributed by atoms with Crippen molar-refractivity contribution >= 4 is 17.6 Å². The van der Waals surface area contributed by atoms with Gasteiger partial charge in [-0.2, -0.15) is 0 Å². The van der Waals surface area contributed by atoms with Gasteiger partial charge in [0.15, 0.2) is 0 Å². The molecule has 1 aliphatic rings. The van der Waals surface area contributed by atoms with E-state index in [4.69, 9.17) is 11.6 Å². The fourth-order valence-electron chi connectivity index (χ4n) is 2.34. The predicted octanol–water partition coefficient (Wildman–Crippen LogP) is 2.56. The lowest BCUT2D eigenvalue weighted by atomic mass is 9.93. The van der Waals surface area contributed by atoms with Crippen LogP contribution in [-0.4, -0.2) is 28.1 Å². The molecule has 1 aromatic rings. The molecular formula is C13H16ClNO2. The summed E-state index contributed by atoms with van der Waals surface area (Å²) >= 11 is 5.97. The quantitative estimate of drug-likeness (QED) is 0.881. The van der Waals surface area contributed by atoms with E-state index in [1.54, 1.807) is 0 Å². The molecule has 0 spiro atoms. The number of hydrogen-bond acceptors (Lipinski definition) is 2. The van der Waals surface area contributed by atoms with Gasteiger partial charge in [0, 0.05) is 17.6 Å². The Labute approximate surface area is 106 Å². The zero-order valence-corrected chi connectivity index (χ0v) is 10.7. The summed E-state index contributed by atoms with van der Waals surface area (Å²) in [6.45, 7) is 4.70. The molecule has 0 saturated carbocycles. The van der Waals surface area contributed by atoms with Crippen LogP contribution in [0.1, 0.15) is 25.0 Å². The first-order valence-corrected chi connectivity index (χ1v) is 6.12. The summed E-state index contributed by atoms with van der Waals surface area (Å²) in [5.41, 5.74) is 2.24. The topological polar surface area (TPSA) is 40.5 Å². The Hall–Kier alpha value is -1.06. The van der Waals surface area contributed by atoms with E-state index in [1.165, 1.54) is 0 Å². The molecule has 0 radical (unpaired) electrons. The van der Waals surface area contributed by atoms with Gasteiger partial charge in [0.25, 0.3) is 0 Å². The van der Waals surface area contributed by atoms with Crippen LogP contribution >= 0.6 is 11.6 Å². The van der Waals surface area contributed by atoms with E-state index in [-0.39, 0.29) is 6.04 Å². The third-order valence-corrected chi connectivity index (χ3v) is 3.52. The Morgan fingerprint density at radius 3 is 2.76 bits per heavy atom. The lowest BCUT2D eigenvalue weighted by Crippen LogP contribution is -2.48. The van der Waals surface area contributed by atoms with Crippen molar-refractivity contribution in [1.29, 1.82) is 0 Å². The zero-order valence-electron chi connectivity index (χ0n) is 9.98. The van der Waals surface area contributed by atoms with Crippen LogP contribution in [0.25, 0.3) is 0 Å². The number of halogens is 1. The summed E-state index contributed by atoms with van der Waals surface area (Å²) in [6, 6.07) is 5.48. The van der Waals surface area contributed by atoms with Crippen LogP contribution in [0, 0.1) is 0 Å². The number of rotatable bonds is 2. The molecule has 17 heavy (non-hydrogen) atoms. The smallest absolute Gasteiger partial charge is 0.321 e. The van der Waals surface area contributed by atoms with Crippen molar-refractivity contribution < 1.29 is 9.90 Å². The first-order chi connectivity index (χ1) is 7.99. The molecule has 0 saturated heterocycles. The Kier molecular flexibility index (Phi) is 3.40. The molecule has 0 unspecified atom stereocenters. The zero-order chi connectivity index (χ0) is 12.6. The molecular weight excluding hydrogens is 238 g/mol. The number of carbonyl (C=O) groups is 1. The van der Waals surface area contributed by atoms with E-state index in [9.17, 15) is 9.90 Å². The summed E-state index contributed by atoms with van der Waals surface area (Å²) < 4.78 is 0. The molecule has 0 aromatic heterocycles. The van der Waals surface area contributed by atoms with Crippen LogP contribution in [0.15, 0.2) is 18.2 Å². The van der Waals surface area contributed by atoms with Gasteiger partial charge < -0.3 is 5.11 Å². The second-order valence-electron chi connectivity index (χ2n) is 4.74. The molecule has 0 aliphatic carbocycles. The van der Waals surface area contributed by atoms with Crippen molar-refractivity contribution in [2.24, 2.45) is 0 Å². The molecule has 0 bridgehead atoms. The number of benzene rings is 1. The highest BCUT2D eigenvalue weighted by atomic mass is 35.5. The maximum Gasteiger partial charge on any atom is 0.321 e. The van der Waals surface area contributed by atoms with Crippen LogP contribution in [0.5, 0.6) is 0 Å². The fraction of sp³-hybridized carbons (Fsp3) is 0.462. The highest BCUT2D eigenvalue weighted by Gasteiger charge is 2.32. The molecule has 0 fully saturated rings. The molecule has 1 atom stereocenters. The molecule has 2 rings (SSSR count). The van der Waals surface area contributed by atoms with Crippen molar-refractivity contribution in [3.8, 4) is 0 Å². The van der Waals surface area contributed by atoms with E-state index in [1.807, 2.05) is 36.9 Å². The third kappa shape index (κ3) is 2.45. The maximum atomic E-state index is 11.3. The van der Waals surface area contributed by atoms with Crippen LogP contribution in [-0.2, 0) is 17.8 Å². The Morgan fingerprint density at radius 1 is 1.47 bits per heavy atom. The highest BCUT2D eigenvalue weighted by molar-refractivity contribution is 6.30. The van der Waals surface area contributed by atoms with Gasteiger partial charge in [-0.15, -0.1) is 0 Å². The molecule has 1 aliphatic heterocycles. The largest absolute Gasteiger partial charge is 0.480 e. The molecule has 92 valence electrons. The fourth-order valence-corrected chi connectivity index (χ4v) is 2.54. The predicted molar refractivity (Wildman–Crippen MR) is 67.3 cm³/mol. The van der Waals surface area contributed by atoms with Gasteiger partial charge in [-0.25, -0.2) is 0 Å². The number of aliphatic carboxylic acids is 1. The van der Waals surface area contributed by atoms with E-state index in [2.05, 4.69) is 0 Å². The van der Waals surface area contributed by atoms with E-state index < -0.39 is 12.0 Å². The monoisotopic (exact) mass is 253 g/mol. The second kappa shape index (κ2) is 4.67. The first-order valence-electron chi connectivity index (χ1n) is 5.75. The number of hydrogen-bond donors (Lipinski definition) is 1. The minimum Gasteiger partial charge on any atom is -0.480 e. The second-order valence-corrected chi connectivity index (χ2v) is 5.17. The Morgan fingerprint density at radius 2 is 2.18 bits per heavy atom. The molecule has 1 heterocycles. The Bertz CT molecular complexity index is 445. The molecule has 1 N–H and O–H groups in total. The Balaban J connectivity index is 2.36. The first kappa shape index (κ1) is 12.4. The standard InChI is InChI=1S/C13H16ClNO2/c1-8(2)15-7-10-5-11(14)4-3-9(10)6-12(15)13(16)17/h3-5,8,12H,6-7H2,1-2H3,(H,16,17)/t12-/m1/s1. The van der Waals surface area contributed by atoms with Crippen molar-refractivity contribution in [3.05, 3.63) is 34.3 Å². The summed E-state index contributed by atoms with van der Waals surface area (Å²) in [4.78, 5) is 13.3. The van der Waals surface area contributed by atoms with Gasteiger partial charge in [0.1, 0.15) is 6.04 Å². The molecule has 4 heteroatoms. The molecule has 0 amide bonds. The van der Waals surface area contributed by atoms with Crippen LogP contribution in [0.2, 0.25) is 5.02 Å². The highest BCUT2D eigenvalue weighted by Crippen LogP contribution is 2.27. The van der Waals surface area contributed by atoms with Gasteiger partial charge in [-0.3, -0.25) is 9.69 Å². The number of carboxylic acids is 1. The van der Waals surface area contributed by atoms with Crippen molar-refractivity contribution in [1.82, 2.24) is 4.90 Å². The van der Waals surface area contributed by atoms with E-state index >= 15 is 0 Å². The van der Waals surface area contributed by atoms with Crippen molar-refractivity contribution in [2.45, 2.75) is 38.9 Å². The SMILES string of the molecule is CC(C)N1Cc2cc(Cl)ccc2C[C@@H]1C(=O)O. The average molecular weight is 254 g/mol. The number of nitrogens with zero attached hydrogens (tertiary/aromatic N) is 1. The summed E-state index contributed by atoms with van der Waals surface area (Å²) in [6.07, 6.45) is 0.556. The third-order valence-electron chi connectivity index (χ3n) is 3.28. The normalized spacial score (nSPS) is 20.4. The lowest BCUT2D eigenvalue weighted by Gasteiger charge is -2.37. The van der Waals surface area contributed by atoms with E-state index in [0.717, 1.165) is 11.1 Å². The van der Waals surface area contributed by atoms with Gasteiger partial charge in [0.2, 0.25) is 0 Å². The minimum absolute atomic E-state index is 0.211. The minimum atomic E-state index is -0.751. The molecule has 1 aromatic carbocycles. The maximum absolute atomic E-state index is 11.3. The van der Waals surface area contributed by atoms with Crippen LogP contribution in [0.4, 0.5) is 0 Å². The molecule has 3 nitrogen and oxygen atoms in total. The lowest BCUT2D eigenvalue weighted by molar-refractivity contribution is -0.144. The van der Waals surface area contributed by atoms with Crippen molar-refractivity contribution in [3.63, 3.8) is 0 Å². The summed E-state index contributed by atoms with van der Waals surface area (Å²) in [5, 5.41) is 9.98. The number of fused-ring (bicyclic) bond motifs is 1. The van der Waals surface area contributed by atoms with Gasteiger partial charge in [0.05, 0.1) is 0 Å². The van der Waals surface area contributed by atoms with E-state index in [0.29, 0.717) is 18.0 Å². The summed E-state index contributed by atoms with van der Waals surface area (Å²) in [5.74, 6) is -0.751. The van der Waals surface area contributed by atoms with Crippen molar-refractivity contribution in [2.75, 3.05) is 0 Å². The summed E-state index contributed by atoms with van der Waals surface area (Å²) in [7, 11) is 0. The van der Waals surface area contributed by atoms with Gasteiger partial charge in [-0.1, -0.05) is 17.7 Å². The number of carboxylic acid groups (broad SMARTS) is 1.